The van der Waals surface area contributed by atoms with Crippen molar-refractivity contribution >= 4 is 35.0 Å². The van der Waals surface area contributed by atoms with Crippen LogP contribution in [0.15, 0.2) is 18.2 Å². The summed E-state index contributed by atoms with van der Waals surface area (Å²) in [5, 5.41) is 5.71. The Hall–Kier alpha value is -2.65. The second-order valence-electron chi connectivity index (χ2n) is 9.87. The van der Waals surface area contributed by atoms with E-state index in [0.717, 1.165) is 25.9 Å². The van der Waals surface area contributed by atoms with Gasteiger partial charge in [0.1, 0.15) is 5.82 Å². The molecule has 2 aliphatic rings. The minimum atomic E-state index is -0.637. The van der Waals surface area contributed by atoms with Crippen molar-refractivity contribution in [3.63, 3.8) is 0 Å². The van der Waals surface area contributed by atoms with E-state index in [9.17, 15) is 18.8 Å². The van der Waals surface area contributed by atoms with Crippen LogP contribution >= 0.6 is 11.8 Å². The molecular formula is C27H35FN4O3S. The van der Waals surface area contributed by atoms with Gasteiger partial charge in [0.25, 0.3) is 17.6 Å². The number of anilines is 1. The van der Waals surface area contributed by atoms with Crippen molar-refractivity contribution in [1.29, 1.82) is 0 Å². The summed E-state index contributed by atoms with van der Waals surface area (Å²) < 4.78 is 15.2. The standard InChI is InChI=1S/C27H35FN4O3S/c1-16-15-20(5-6-22(16)28)30-26(34)23-17(2)24(31(4)18(23)3)25(33)27(35)29-19-7-11-32(12-8-19)21-9-13-36-14-10-21/h5-6,15,19,21H,7-14H2,1-4H3,(H,29,35)(H,30,34). The summed E-state index contributed by atoms with van der Waals surface area (Å²) in [6, 6.07) is 4.96. The van der Waals surface area contributed by atoms with Crippen molar-refractivity contribution in [1.82, 2.24) is 14.8 Å². The van der Waals surface area contributed by atoms with Crippen LogP contribution in [0.3, 0.4) is 0 Å². The largest absolute Gasteiger partial charge is 0.346 e. The third-order valence-corrected chi connectivity index (χ3v) is 8.62. The van der Waals surface area contributed by atoms with Crippen LogP contribution in [0, 0.1) is 26.6 Å². The molecule has 2 saturated heterocycles. The SMILES string of the molecule is Cc1cc(NC(=O)c2c(C)c(C(=O)C(=O)NC3CCN(C4CCSCC4)CC3)n(C)c2C)ccc1F. The second kappa shape index (κ2) is 11.2. The number of thioether (sulfide) groups is 1. The molecule has 2 fully saturated rings. The Morgan fingerprint density at radius 1 is 1.03 bits per heavy atom. The number of nitrogens with zero attached hydrogens (tertiary/aromatic N) is 2. The Kier molecular flexibility index (Phi) is 8.20. The highest BCUT2D eigenvalue weighted by molar-refractivity contribution is 7.99. The van der Waals surface area contributed by atoms with Gasteiger partial charge in [-0.25, -0.2) is 4.39 Å². The van der Waals surface area contributed by atoms with Gasteiger partial charge in [0.05, 0.1) is 11.3 Å². The van der Waals surface area contributed by atoms with Crippen molar-refractivity contribution < 1.29 is 18.8 Å². The molecule has 0 radical (unpaired) electrons. The first kappa shape index (κ1) is 26.4. The summed E-state index contributed by atoms with van der Waals surface area (Å²) in [5.41, 5.74) is 2.48. The number of hydrogen-bond acceptors (Lipinski definition) is 5. The topological polar surface area (TPSA) is 83.4 Å². The van der Waals surface area contributed by atoms with Gasteiger partial charge in [-0.15, -0.1) is 0 Å². The molecule has 2 aromatic rings. The average molecular weight is 515 g/mol. The minimum Gasteiger partial charge on any atom is -0.346 e. The molecule has 0 bridgehead atoms. The maximum absolute atomic E-state index is 13.6. The number of halogens is 1. The molecule has 36 heavy (non-hydrogen) atoms. The van der Waals surface area contributed by atoms with E-state index in [1.165, 1.54) is 36.5 Å². The number of nitrogens with one attached hydrogen (secondary N) is 2. The minimum absolute atomic E-state index is 0.0261. The van der Waals surface area contributed by atoms with Crippen molar-refractivity contribution in [2.45, 2.75) is 58.5 Å². The molecule has 3 heterocycles. The Bertz CT molecular complexity index is 1160. The van der Waals surface area contributed by atoms with Gasteiger partial charge in [0.15, 0.2) is 0 Å². The lowest BCUT2D eigenvalue weighted by molar-refractivity contribution is -0.118. The van der Waals surface area contributed by atoms with Gasteiger partial charge in [0, 0.05) is 43.6 Å². The van der Waals surface area contributed by atoms with Crippen molar-refractivity contribution in [3.8, 4) is 0 Å². The molecule has 194 valence electrons. The van der Waals surface area contributed by atoms with Crippen LogP contribution in [0.2, 0.25) is 0 Å². The maximum atomic E-state index is 13.6. The lowest BCUT2D eigenvalue weighted by atomic mass is 10.00. The van der Waals surface area contributed by atoms with Crippen LogP contribution in [-0.2, 0) is 11.8 Å². The monoisotopic (exact) mass is 514 g/mol. The number of amides is 2. The quantitative estimate of drug-likeness (QED) is 0.450. The van der Waals surface area contributed by atoms with E-state index < -0.39 is 17.6 Å². The predicted molar refractivity (Wildman–Crippen MR) is 141 cm³/mol. The molecule has 9 heteroatoms. The van der Waals surface area contributed by atoms with E-state index in [4.69, 9.17) is 0 Å². The maximum Gasteiger partial charge on any atom is 0.294 e. The fourth-order valence-corrected chi connectivity index (χ4v) is 6.45. The van der Waals surface area contributed by atoms with Crippen molar-refractivity contribution in [3.05, 3.63) is 52.1 Å². The number of aryl methyl sites for hydroxylation is 1. The molecule has 2 aliphatic heterocycles. The van der Waals surface area contributed by atoms with Gasteiger partial charge in [-0.3, -0.25) is 14.4 Å². The number of benzene rings is 1. The van der Waals surface area contributed by atoms with Gasteiger partial charge in [0.2, 0.25) is 0 Å². The highest BCUT2D eigenvalue weighted by Gasteiger charge is 2.31. The normalized spacial score (nSPS) is 17.7. The van der Waals surface area contributed by atoms with E-state index in [-0.39, 0.29) is 17.6 Å². The van der Waals surface area contributed by atoms with Crippen LogP contribution in [0.1, 0.15) is 63.4 Å². The van der Waals surface area contributed by atoms with Gasteiger partial charge < -0.3 is 20.1 Å². The highest BCUT2D eigenvalue weighted by Crippen LogP contribution is 2.26. The smallest absolute Gasteiger partial charge is 0.294 e. The van der Waals surface area contributed by atoms with E-state index in [1.807, 2.05) is 11.8 Å². The molecule has 2 amide bonds. The molecule has 7 nitrogen and oxygen atoms in total. The fraction of sp³-hybridized carbons (Fsp3) is 0.519. The highest BCUT2D eigenvalue weighted by atomic mass is 32.2. The number of likely N-dealkylation sites (tertiary alicyclic amines) is 1. The summed E-state index contributed by atoms with van der Waals surface area (Å²) in [4.78, 5) is 41.7. The zero-order valence-electron chi connectivity index (χ0n) is 21.4. The molecule has 1 aromatic heterocycles. The lowest BCUT2D eigenvalue weighted by Gasteiger charge is -2.39. The number of aromatic nitrogens is 1. The Labute approximate surface area is 216 Å². The van der Waals surface area contributed by atoms with Crippen LogP contribution in [-0.4, -0.2) is 63.7 Å². The molecule has 0 atom stereocenters. The molecule has 0 aliphatic carbocycles. The molecule has 0 unspecified atom stereocenters. The third-order valence-electron chi connectivity index (χ3n) is 7.57. The fourth-order valence-electron chi connectivity index (χ4n) is 5.37. The Morgan fingerprint density at radius 3 is 2.33 bits per heavy atom. The van der Waals surface area contributed by atoms with Gasteiger partial charge in [-0.1, -0.05) is 0 Å². The van der Waals surface area contributed by atoms with Gasteiger partial charge in [-0.05, 0) is 87.3 Å². The first-order valence-corrected chi connectivity index (χ1v) is 13.7. The number of ketones is 1. The van der Waals surface area contributed by atoms with Crippen LogP contribution in [0.5, 0.6) is 0 Å². The summed E-state index contributed by atoms with van der Waals surface area (Å²) in [5.74, 6) is 0.412. The number of piperidine rings is 1. The van der Waals surface area contributed by atoms with Crippen molar-refractivity contribution in [2.24, 2.45) is 7.05 Å². The number of rotatable bonds is 6. The molecule has 1 aromatic carbocycles. The van der Waals surface area contributed by atoms with Crippen LogP contribution < -0.4 is 10.6 Å². The molecule has 0 spiro atoms. The van der Waals surface area contributed by atoms with Gasteiger partial charge in [-0.2, -0.15) is 11.8 Å². The predicted octanol–water partition coefficient (Wildman–Crippen LogP) is 4.00. The molecule has 4 rings (SSSR count). The number of carbonyl (C=O) groups is 3. The molecule has 2 N–H and O–H groups in total. The summed E-state index contributed by atoms with van der Waals surface area (Å²) in [6.07, 6.45) is 4.11. The van der Waals surface area contributed by atoms with Crippen LogP contribution in [0.4, 0.5) is 10.1 Å². The average Bonchev–Trinajstić information content (AvgIpc) is 3.09. The first-order chi connectivity index (χ1) is 17.2. The number of Topliss-reactive ketones (excluding diaryl/α,β-unsaturated/α-hetero) is 1. The second-order valence-corrected chi connectivity index (χ2v) is 11.1. The van der Waals surface area contributed by atoms with Gasteiger partial charge >= 0.3 is 0 Å². The Morgan fingerprint density at radius 2 is 1.69 bits per heavy atom. The van der Waals surface area contributed by atoms with Crippen molar-refractivity contribution in [2.75, 3.05) is 29.9 Å². The summed E-state index contributed by atoms with van der Waals surface area (Å²) in [7, 11) is 1.68. The Balaban J connectivity index is 1.41. The summed E-state index contributed by atoms with van der Waals surface area (Å²) in [6.45, 7) is 6.91. The number of hydrogen-bond donors (Lipinski definition) is 2. The molecule has 0 saturated carbocycles. The summed E-state index contributed by atoms with van der Waals surface area (Å²) >= 11 is 2.02. The van der Waals surface area contributed by atoms with Crippen LogP contribution in [0.25, 0.3) is 0 Å². The molecular weight excluding hydrogens is 479 g/mol. The van der Waals surface area contributed by atoms with E-state index in [1.54, 1.807) is 38.5 Å². The first-order valence-electron chi connectivity index (χ1n) is 12.6. The van der Waals surface area contributed by atoms with E-state index in [2.05, 4.69) is 15.5 Å². The third kappa shape index (κ3) is 5.52. The zero-order chi connectivity index (χ0) is 26.0. The van der Waals surface area contributed by atoms with E-state index in [0.29, 0.717) is 34.1 Å². The number of carbonyl (C=O) groups excluding carboxylic acids is 3. The zero-order valence-corrected chi connectivity index (χ0v) is 22.3. The van der Waals surface area contributed by atoms with E-state index >= 15 is 0 Å². The lowest BCUT2D eigenvalue weighted by Crippen LogP contribution is -2.50.